The van der Waals surface area contributed by atoms with Crippen LogP contribution in [0.5, 0.6) is 0 Å². The van der Waals surface area contributed by atoms with Gasteiger partial charge in [-0.2, -0.15) is 0 Å². The summed E-state index contributed by atoms with van der Waals surface area (Å²) in [5.41, 5.74) is 0. The minimum absolute atomic E-state index is 0.276. The van der Waals surface area contributed by atoms with Crippen LogP contribution < -0.4 is 0 Å². The molecule has 2 radical (unpaired) electrons. The van der Waals surface area contributed by atoms with Gasteiger partial charge in [0.1, 0.15) is 0 Å². The quantitative estimate of drug-likeness (QED) is 0.455. The van der Waals surface area contributed by atoms with Crippen molar-refractivity contribution in [3.05, 3.63) is 12.7 Å². The van der Waals surface area contributed by atoms with Crippen molar-refractivity contribution >= 4 is 24.9 Å². The Hall–Kier alpha value is 0.209. The summed E-state index contributed by atoms with van der Waals surface area (Å²) in [4.78, 5) is 12.1. The SMILES string of the molecule is C=C[C](=O)[Sn][CH3]. The van der Waals surface area contributed by atoms with Gasteiger partial charge in [-0.3, -0.25) is 0 Å². The van der Waals surface area contributed by atoms with Gasteiger partial charge in [-0.15, -0.1) is 0 Å². The standard InChI is InChI=1S/C3H3O.CH3.Sn/c1-2-3-4;;/h2H,1H2;1H3;. The third-order valence-corrected chi connectivity index (χ3v) is 2.42. The van der Waals surface area contributed by atoms with Crippen LogP contribution >= 0.6 is 0 Å². The summed E-state index contributed by atoms with van der Waals surface area (Å²) in [6, 6.07) is 0. The van der Waals surface area contributed by atoms with E-state index in [9.17, 15) is 4.79 Å². The van der Waals surface area contributed by atoms with E-state index in [1.54, 1.807) is 0 Å². The van der Waals surface area contributed by atoms with Crippen LogP contribution in [0.25, 0.3) is 0 Å². The van der Waals surface area contributed by atoms with E-state index in [1.165, 1.54) is 6.08 Å². The molecule has 0 N–H and O–H groups in total. The zero-order valence-corrected chi connectivity index (χ0v) is 6.55. The van der Waals surface area contributed by atoms with Crippen LogP contribution in [0.2, 0.25) is 4.94 Å². The first-order chi connectivity index (χ1) is 2.81. The second kappa shape index (κ2) is 3.40. The average Bonchev–Trinajstić information content (AvgIpc) is 1.65. The number of carbonyl (C=O) groups excluding carboxylic acids is 1. The molecule has 0 unspecified atom stereocenters. The maximum atomic E-state index is 10.1. The molecule has 6 heavy (non-hydrogen) atoms. The molecule has 0 bridgehead atoms. The van der Waals surface area contributed by atoms with E-state index in [4.69, 9.17) is 0 Å². The van der Waals surface area contributed by atoms with E-state index in [2.05, 4.69) is 6.58 Å². The molecule has 0 saturated heterocycles. The average molecular weight is 189 g/mol. The Morgan fingerprint density at radius 2 is 2.50 bits per heavy atom. The molecule has 0 atom stereocenters. The summed E-state index contributed by atoms with van der Waals surface area (Å²) < 4.78 is 0.276. The Bertz CT molecular complexity index is 67.9. The Labute approximate surface area is 47.7 Å². The molecule has 0 rings (SSSR count). The fourth-order valence-corrected chi connectivity index (χ4v) is 0.685. The molecule has 32 valence electrons. The van der Waals surface area contributed by atoms with Gasteiger partial charge in [0, 0.05) is 0 Å². The molecule has 0 aliphatic carbocycles. The van der Waals surface area contributed by atoms with E-state index >= 15 is 0 Å². The monoisotopic (exact) mass is 190 g/mol. The normalized spacial score (nSPS) is 7.50. The Morgan fingerprint density at radius 3 is 2.50 bits per heavy atom. The van der Waals surface area contributed by atoms with Gasteiger partial charge in [0.15, 0.2) is 0 Å². The Kier molecular flexibility index (Phi) is 3.52. The predicted molar refractivity (Wildman–Crippen MR) is 26.8 cm³/mol. The maximum absolute atomic E-state index is 10.1. The zero-order valence-electron chi connectivity index (χ0n) is 3.69. The van der Waals surface area contributed by atoms with Gasteiger partial charge < -0.3 is 0 Å². The third kappa shape index (κ3) is 2.45. The van der Waals surface area contributed by atoms with E-state index in [1.807, 2.05) is 4.94 Å². The van der Waals surface area contributed by atoms with Crippen LogP contribution in [0.4, 0.5) is 0 Å². The molecule has 0 fully saturated rings. The van der Waals surface area contributed by atoms with Crippen molar-refractivity contribution < 1.29 is 4.79 Å². The second-order valence-corrected chi connectivity index (χ2v) is 3.65. The molecule has 0 amide bonds. The molecule has 1 nitrogen and oxygen atoms in total. The molecule has 0 aliphatic heterocycles. The van der Waals surface area contributed by atoms with Gasteiger partial charge in [0.05, 0.1) is 0 Å². The van der Waals surface area contributed by atoms with Crippen LogP contribution in [0.1, 0.15) is 0 Å². The van der Waals surface area contributed by atoms with Crippen LogP contribution in [0, 0.1) is 0 Å². The number of allylic oxidation sites excluding steroid dienone is 1. The van der Waals surface area contributed by atoms with Crippen molar-refractivity contribution in [1.82, 2.24) is 0 Å². The predicted octanol–water partition coefficient (Wildman–Crippen LogP) is 0.451. The molecule has 0 saturated carbocycles. The second-order valence-electron chi connectivity index (χ2n) is 0.818. The summed E-state index contributed by atoms with van der Waals surface area (Å²) in [5.74, 6) is 0. The van der Waals surface area contributed by atoms with Crippen LogP contribution in [-0.2, 0) is 4.79 Å². The molecule has 0 aromatic carbocycles. The van der Waals surface area contributed by atoms with Crippen molar-refractivity contribution in [2.75, 3.05) is 0 Å². The molecule has 0 aliphatic rings. The first-order valence-electron chi connectivity index (χ1n) is 1.65. The zero-order chi connectivity index (χ0) is 4.99. The summed E-state index contributed by atoms with van der Waals surface area (Å²) in [6.45, 7) is 3.32. The molecule has 0 aromatic heterocycles. The van der Waals surface area contributed by atoms with Gasteiger partial charge in [-0.05, 0) is 0 Å². The first kappa shape index (κ1) is 6.21. The van der Waals surface area contributed by atoms with Crippen molar-refractivity contribution in [2.24, 2.45) is 0 Å². The number of rotatable bonds is 2. The summed E-state index contributed by atoms with van der Waals surface area (Å²) >= 11 is -0.641. The van der Waals surface area contributed by atoms with Crippen molar-refractivity contribution in [1.29, 1.82) is 0 Å². The van der Waals surface area contributed by atoms with E-state index in [0.29, 0.717) is 0 Å². The molecule has 0 aromatic rings. The fraction of sp³-hybridized carbons (Fsp3) is 0.250. The van der Waals surface area contributed by atoms with E-state index in [-0.39, 0.29) is 3.80 Å². The minimum atomic E-state index is -0.641. The third-order valence-electron chi connectivity index (χ3n) is 0.432. The summed E-state index contributed by atoms with van der Waals surface area (Å²) in [6.07, 6.45) is 1.41. The van der Waals surface area contributed by atoms with Crippen molar-refractivity contribution in [3.63, 3.8) is 0 Å². The molecular formula is C4H6OSn. The van der Waals surface area contributed by atoms with Crippen molar-refractivity contribution in [3.8, 4) is 0 Å². The van der Waals surface area contributed by atoms with Crippen LogP contribution in [0.15, 0.2) is 12.7 Å². The topological polar surface area (TPSA) is 17.1 Å². The number of hydrogen-bond acceptors (Lipinski definition) is 1. The van der Waals surface area contributed by atoms with Gasteiger partial charge in [-0.1, -0.05) is 0 Å². The fourth-order valence-electron chi connectivity index (χ4n) is 0.102. The van der Waals surface area contributed by atoms with Crippen LogP contribution in [0.3, 0.4) is 0 Å². The van der Waals surface area contributed by atoms with Crippen LogP contribution in [-0.4, -0.2) is 24.9 Å². The van der Waals surface area contributed by atoms with Crippen molar-refractivity contribution in [2.45, 2.75) is 4.94 Å². The molecule has 0 heterocycles. The van der Waals surface area contributed by atoms with Gasteiger partial charge in [0.2, 0.25) is 0 Å². The molecular weight excluding hydrogens is 183 g/mol. The first-order valence-corrected chi connectivity index (χ1v) is 5.93. The summed E-state index contributed by atoms with van der Waals surface area (Å²) in [7, 11) is 0. The number of hydrogen-bond donors (Lipinski definition) is 0. The van der Waals surface area contributed by atoms with Gasteiger partial charge in [0.25, 0.3) is 0 Å². The Morgan fingerprint density at radius 1 is 2.00 bits per heavy atom. The summed E-state index contributed by atoms with van der Waals surface area (Å²) in [5, 5.41) is 0. The van der Waals surface area contributed by atoms with E-state index in [0.717, 1.165) is 0 Å². The molecule has 2 heteroatoms. The number of carbonyl (C=O) groups is 1. The molecule has 0 spiro atoms. The Balaban J connectivity index is 3.23. The van der Waals surface area contributed by atoms with Gasteiger partial charge in [-0.25, -0.2) is 0 Å². The van der Waals surface area contributed by atoms with E-state index < -0.39 is 21.1 Å². The van der Waals surface area contributed by atoms with Gasteiger partial charge >= 0.3 is 47.3 Å².